The topological polar surface area (TPSA) is 113 Å². The number of benzene rings is 2. The van der Waals surface area contributed by atoms with Crippen LogP contribution in [0.5, 0.6) is 0 Å². The molecule has 282 valence electrons. The summed E-state index contributed by atoms with van der Waals surface area (Å²) < 4.78 is 45.1. The van der Waals surface area contributed by atoms with Crippen molar-refractivity contribution < 1.29 is 27.6 Å². The number of piperazine rings is 1. The van der Waals surface area contributed by atoms with E-state index in [0.717, 1.165) is 45.4 Å². The maximum absolute atomic E-state index is 16.1. The zero-order valence-corrected chi connectivity index (χ0v) is 30.3. The Morgan fingerprint density at radius 2 is 1.74 bits per heavy atom. The van der Waals surface area contributed by atoms with Crippen molar-refractivity contribution in [3.8, 4) is 0 Å². The van der Waals surface area contributed by atoms with Crippen LogP contribution >= 0.6 is 0 Å². The van der Waals surface area contributed by atoms with Gasteiger partial charge in [0.1, 0.15) is 12.0 Å². The lowest BCUT2D eigenvalue weighted by molar-refractivity contribution is -0.122. The number of aromatic nitrogens is 1. The summed E-state index contributed by atoms with van der Waals surface area (Å²) in [7, 11) is 1.59. The van der Waals surface area contributed by atoms with Crippen molar-refractivity contribution in [2.24, 2.45) is 11.3 Å². The predicted octanol–water partition coefficient (Wildman–Crippen LogP) is 5.21. The second-order valence-corrected chi connectivity index (χ2v) is 15.9. The van der Waals surface area contributed by atoms with Gasteiger partial charge in [0.2, 0.25) is 5.91 Å². The lowest BCUT2D eigenvalue weighted by atomic mass is 9.85. The Bertz CT molecular complexity index is 1930. The maximum atomic E-state index is 16.1. The highest BCUT2D eigenvalue weighted by molar-refractivity contribution is 5.98. The van der Waals surface area contributed by atoms with E-state index in [9.17, 15) is 23.2 Å². The molecule has 0 radical (unpaired) electrons. The summed E-state index contributed by atoms with van der Waals surface area (Å²) in [4.78, 5) is 46.5. The van der Waals surface area contributed by atoms with Crippen LogP contribution in [0.1, 0.15) is 79.0 Å². The number of piperidine rings is 1. The number of carbonyl (C=O) groups is 3. The van der Waals surface area contributed by atoms with E-state index < -0.39 is 22.9 Å². The molecule has 0 bridgehead atoms. The molecule has 13 heteroatoms. The van der Waals surface area contributed by atoms with Gasteiger partial charge < -0.3 is 30.3 Å². The number of H-pyrrole nitrogens is 1. The fourth-order valence-corrected chi connectivity index (χ4v) is 9.26. The molecule has 53 heavy (non-hydrogen) atoms. The van der Waals surface area contributed by atoms with Gasteiger partial charge in [-0.3, -0.25) is 14.5 Å². The summed E-state index contributed by atoms with van der Waals surface area (Å²) in [5, 5.41) is 3.57. The molecule has 3 aromatic rings. The number of hydrogen-bond donors (Lipinski definition) is 4. The van der Waals surface area contributed by atoms with Gasteiger partial charge in [0.05, 0.1) is 12.0 Å². The van der Waals surface area contributed by atoms with Crippen LogP contribution in [0.15, 0.2) is 59.8 Å². The van der Waals surface area contributed by atoms with E-state index >= 15 is 4.39 Å². The van der Waals surface area contributed by atoms with Crippen LogP contribution in [0.4, 0.5) is 18.9 Å². The molecule has 4 unspecified atom stereocenters. The van der Waals surface area contributed by atoms with Gasteiger partial charge in [-0.25, -0.2) is 18.6 Å². The molecule has 4 heterocycles. The number of likely N-dealkylation sites (N-methyl/N-ethyl adjacent to an activating group) is 1. The second kappa shape index (κ2) is 13.5. The minimum Gasteiger partial charge on any atom is -0.371 e. The van der Waals surface area contributed by atoms with Crippen molar-refractivity contribution in [2.45, 2.75) is 69.0 Å². The zero-order valence-electron chi connectivity index (χ0n) is 30.3. The van der Waals surface area contributed by atoms with Crippen LogP contribution in [0.2, 0.25) is 0 Å². The van der Waals surface area contributed by atoms with E-state index in [0.29, 0.717) is 89.9 Å². The lowest BCUT2D eigenvalue weighted by Gasteiger charge is -2.42. The minimum absolute atomic E-state index is 0.0536. The molecule has 10 nitrogen and oxygen atoms in total. The fourth-order valence-electron chi connectivity index (χ4n) is 9.26. The van der Waals surface area contributed by atoms with Crippen LogP contribution in [0, 0.1) is 11.3 Å². The highest BCUT2D eigenvalue weighted by Crippen LogP contribution is 2.73. The molecule has 8 rings (SSSR count). The van der Waals surface area contributed by atoms with Crippen molar-refractivity contribution in [3.63, 3.8) is 0 Å². The second-order valence-electron chi connectivity index (χ2n) is 15.9. The Labute approximate surface area is 307 Å². The number of alkyl halides is 3. The number of hydrazine groups is 1. The number of rotatable bonds is 10. The monoisotopic (exact) mass is 731 g/mol. The summed E-state index contributed by atoms with van der Waals surface area (Å²) in [5.41, 5.74) is 10.2. The number of amides is 2. The molecule has 4 N–H and O–H groups in total. The van der Waals surface area contributed by atoms with E-state index in [1.165, 1.54) is 0 Å². The standard InChI is InChI=1S/C40H48F3N7O3/c1-38-23-33-30(22-34(38)40(38,42)43)35(47-46-33)32-21-27-20-26(7-10-31(27)45-32)37(53)50-17-15-48(16-18-50)24-39(41)11-13-49(14-12-39)28-8-5-25(6-9-28)29(4-3-19-51)36(52)44-2/h5-10,19-21,29,34-35,45-47H,3-4,11-18,22-24H2,1-2H3,(H,44,52). The average molecular weight is 732 g/mol. The van der Waals surface area contributed by atoms with Gasteiger partial charge in [0, 0.05) is 123 Å². The van der Waals surface area contributed by atoms with E-state index in [1.54, 1.807) is 14.0 Å². The Morgan fingerprint density at radius 3 is 2.43 bits per heavy atom. The number of nitrogens with zero attached hydrogens (tertiary/aromatic N) is 3. The molecule has 3 fully saturated rings. The third kappa shape index (κ3) is 6.39. The lowest BCUT2D eigenvalue weighted by Crippen LogP contribution is -2.54. The summed E-state index contributed by atoms with van der Waals surface area (Å²) in [6, 6.07) is 15.2. The summed E-state index contributed by atoms with van der Waals surface area (Å²) >= 11 is 0. The van der Waals surface area contributed by atoms with Crippen molar-refractivity contribution in [1.29, 1.82) is 0 Å². The number of halogens is 3. The maximum Gasteiger partial charge on any atom is 0.258 e. The number of aldehydes is 1. The Hall–Kier alpha value is -4.36. The van der Waals surface area contributed by atoms with Gasteiger partial charge in [-0.15, -0.1) is 0 Å². The smallest absolute Gasteiger partial charge is 0.258 e. The van der Waals surface area contributed by atoms with E-state index in [4.69, 9.17) is 0 Å². The first kappa shape index (κ1) is 35.7. The summed E-state index contributed by atoms with van der Waals surface area (Å²) in [5.74, 6) is -3.81. The van der Waals surface area contributed by atoms with Gasteiger partial charge in [0.25, 0.3) is 11.8 Å². The average Bonchev–Trinajstić information content (AvgIpc) is 3.55. The molecule has 2 saturated heterocycles. The van der Waals surface area contributed by atoms with Gasteiger partial charge in [-0.1, -0.05) is 19.1 Å². The van der Waals surface area contributed by atoms with Crippen molar-refractivity contribution >= 4 is 34.7 Å². The molecule has 0 spiro atoms. The molecule has 2 amide bonds. The number of hydrogen-bond acceptors (Lipinski definition) is 7. The third-order valence-corrected chi connectivity index (χ3v) is 12.8. The quantitative estimate of drug-likeness (QED) is 0.212. The largest absolute Gasteiger partial charge is 0.371 e. The molecule has 2 aliphatic carbocycles. The number of carbonyl (C=O) groups excluding carboxylic acids is 3. The van der Waals surface area contributed by atoms with Crippen molar-refractivity contribution in [3.05, 3.63) is 76.6 Å². The molecular formula is C40H48F3N7O3. The van der Waals surface area contributed by atoms with Crippen molar-refractivity contribution in [1.82, 2.24) is 31.0 Å². The Kier molecular flexibility index (Phi) is 9.08. The fraction of sp³-hybridized carbons (Fsp3) is 0.525. The third-order valence-electron chi connectivity index (χ3n) is 12.8. The number of aromatic amines is 1. The first-order valence-electron chi connectivity index (χ1n) is 18.9. The van der Waals surface area contributed by atoms with Gasteiger partial charge in [-0.2, -0.15) is 0 Å². The van der Waals surface area contributed by atoms with Gasteiger partial charge in [0.15, 0.2) is 0 Å². The predicted molar refractivity (Wildman–Crippen MR) is 196 cm³/mol. The van der Waals surface area contributed by atoms with Crippen LogP contribution in [0.3, 0.4) is 0 Å². The molecule has 2 aromatic carbocycles. The molecule has 4 atom stereocenters. The molecule has 3 aliphatic heterocycles. The van der Waals surface area contributed by atoms with E-state index in [-0.39, 0.29) is 23.8 Å². The Morgan fingerprint density at radius 1 is 1.00 bits per heavy atom. The SMILES string of the molecule is CNC(=O)C(CCC=O)c1ccc(N2CCC(F)(CN3CCN(C(=O)c4ccc5[nH]c(C6NNC7=C6CC6C(F)(F)C6(C)C7)cc5c4)CC3)CC2)cc1. The van der Waals surface area contributed by atoms with Crippen LogP contribution in [-0.2, 0) is 9.59 Å². The first-order chi connectivity index (χ1) is 25.4. The van der Waals surface area contributed by atoms with E-state index in [2.05, 4.69) is 31.0 Å². The van der Waals surface area contributed by atoms with Crippen molar-refractivity contribution in [2.75, 3.05) is 57.8 Å². The highest BCUT2D eigenvalue weighted by Gasteiger charge is 2.78. The highest BCUT2D eigenvalue weighted by atomic mass is 19.3. The number of nitrogens with one attached hydrogen (secondary N) is 4. The van der Waals surface area contributed by atoms with Crippen LogP contribution in [-0.4, -0.2) is 97.3 Å². The first-order valence-corrected chi connectivity index (χ1v) is 18.9. The number of fused-ring (bicyclic) bond motifs is 2. The molecule has 1 saturated carbocycles. The van der Waals surface area contributed by atoms with Gasteiger partial charge >= 0.3 is 0 Å². The summed E-state index contributed by atoms with van der Waals surface area (Å²) in [6.45, 7) is 5.44. The minimum atomic E-state index is -2.63. The van der Waals surface area contributed by atoms with Gasteiger partial charge in [-0.05, 0) is 60.4 Å². The summed E-state index contributed by atoms with van der Waals surface area (Å²) in [6.07, 6.45) is 3.11. The number of anilines is 1. The normalized spacial score (nSPS) is 26.8. The van der Waals surface area contributed by atoms with Crippen LogP contribution < -0.4 is 21.1 Å². The van der Waals surface area contributed by atoms with E-state index in [1.807, 2.05) is 53.4 Å². The number of allylic oxidation sites excluding steroid dienone is 1. The Balaban J connectivity index is 0.831. The molecular weight excluding hydrogens is 683 g/mol. The molecule has 1 aromatic heterocycles. The zero-order chi connectivity index (χ0) is 37.1. The van der Waals surface area contributed by atoms with Crippen LogP contribution in [0.25, 0.3) is 10.9 Å². The molecule has 5 aliphatic rings.